The monoisotopic (exact) mass is 341 g/mol. The molecular weight excluding hydrogens is 326 g/mol. The van der Waals surface area contributed by atoms with Crippen LogP contribution in [0.25, 0.3) is 6.08 Å². The molecule has 0 N–H and O–H groups in total. The van der Waals surface area contributed by atoms with Gasteiger partial charge in [-0.15, -0.1) is 0 Å². The lowest BCUT2D eigenvalue weighted by molar-refractivity contribution is -0.137. The van der Waals surface area contributed by atoms with Crippen molar-refractivity contribution in [2.24, 2.45) is 0 Å². The van der Waals surface area contributed by atoms with Gasteiger partial charge in [0.05, 0.1) is 6.61 Å². The molecule has 0 saturated carbocycles. The van der Waals surface area contributed by atoms with Crippen LogP contribution in [0, 0.1) is 11.3 Å². The van der Waals surface area contributed by atoms with E-state index in [9.17, 15) is 4.79 Å². The van der Waals surface area contributed by atoms with Crippen molar-refractivity contribution in [3.63, 3.8) is 0 Å². The average Bonchev–Trinajstić information content (AvgIpc) is 2.60. The molecule has 0 saturated heterocycles. The van der Waals surface area contributed by atoms with Crippen molar-refractivity contribution in [2.75, 3.05) is 6.61 Å². The van der Waals surface area contributed by atoms with Gasteiger partial charge in [-0.05, 0) is 36.8 Å². The van der Waals surface area contributed by atoms with Crippen LogP contribution in [-0.2, 0) is 16.1 Å². The number of esters is 1. The number of ether oxygens (including phenoxy) is 2. The summed E-state index contributed by atoms with van der Waals surface area (Å²) in [5.74, 6) is -0.0722. The number of hydrogen-bond acceptors (Lipinski definition) is 4. The first-order valence-corrected chi connectivity index (χ1v) is 7.77. The summed E-state index contributed by atoms with van der Waals surface area (Å²) in [6.07, 6.45) is 1.47. The fourth-order valence-corrected chi connectivity index (χ4v) is 2.10. The van der Waals surface area contributed by atoms with E-state index in [1.165, 1.54) is 6.08 Å². The van der Waals surface area contributed by atoms with E-state index in [0.717, 1.165) is 5.56 Å². The highest BCUT2D eigenvalue weighted by Gasteiger charge is 2.11. The molecule has 2 rings (SSSR count). The number of carbonyl (C=O) groups is 1. The van der Waals surface area contributed by atoms with Gasteiger partial charge in [-0.1, -0.05) is 41.9 Å². The number of carbonyl (C=O) groups excluding carboxylic acids is 1. The van der Waals surface area contributed by atoms with Gasteiger partial charge < -0.3 is 9.47 Å². The molecule has 0 amide bonds. The predicted octanol–water partition coefficient (Wildman–Crippen LogP) is 4.39. The highest BCUT2D eigenvalue weighted by molar-refractivity contribution is 6.30. The van der Waals surface area contributed by atoms with E-state index in [4.69, 9.17) is 26.3 Å². The van der Waals surface area contributed by atoms with E-state index in [0.29, 0.717) is 22.9 Å². The predicted molar refractivity (Wildman–Crippen MR) is 92.4 cm³/mol. The Morgan fingerprint density at radius 1 is 1.21 bits per heavy atom. The SMILES string of the molecule is CCOC(=O)/C(C#N)=C\c1ccccc1OCc1ccc(Cl)cc1. The fourth-order valence-electron chi connectivity index (χ4n) is 1.97. The lowest BCUT2D eigenvalue weighted by Crippen LogP contribution is -2.06. The lowest BCUT2D eigenvalue weighted by Gasteiger charge is -2.10. The molecule has 0 aromatic heterocycles. The smallest absolute Gasteiger partial charge is 0.348 e. The normalized spacial score (nSPS) is 10.8. The minimum Gasteiger partial charge on any atom is -0.488 e. The first kappa shape index (κ1) is 17.6. The number of nitrogens with zero attached hydrogens (tertiary/aromatic N) is 1. The van der Waals surface area contributed by atoms with Crippen molar-refractivity contribution < 1.29 is 14.3 Å². The zero-order valence-electron chi connectivity index (χ0n) is 13.2. The summed E-state index contributed by atoms with van der Waals surface area (Å²) in [5, 5.41) is 9.80. The lowest BCUT2D eigenvalue weighted by atomic mass is 10.1. The largest absolute Gasteiger partial charge is 0.488 e. The zero-order chi connectivity index (χ0) is 17.4. The Labute approximate surface area is 145 Å². The maximum atomic E-state index is 11.7. The second-order valence-corrected chi connectivity index (χ2v) is 5.28. The van der Waals surface area contributed by atoms with Crippen molar-refractivity contribution >= 4 is 23.6 Å². The molecule has 122 valence electrons. The van der Waals surface area contributed by atoms with Gasteiger partial charge in [0.2, 0.25) is 0 Å². The summed E-state index contributed by atoms with van der Waals surface area (Å²) in [5.41, 5.74) is 1.53. The quantitative estimate of drug-likeness (QED) is 0.444. The van der Waals surface area contributed by atoms with E-state index in [-0.39, 0.29) is 12.2 Å². The van der Waals surface area contributed by atoms with Crippen molar-refractivity contribution in [1.29, 1.82) is 5.26 Å². The molecule has 24 heavy (non-hydrogen) atoms. The van der Waals surface area contributed by atoms with E-state index >= 15 is 0 Å². The maximum absolute atomic E-state index is 11.7. The standard InChI is InChI=1S/C19H16ClNO3/c1-2-23-19(22)16(12-21)11-15-5-3-4-6-18(15)24-13-14-7-9-17(20)10-8-14/h3-11H,2,13H2,1H3/b16-11-. The Bertz CT molecular complexity index is 776. The fraction of sp³-hybridized carbons (Fsp3) is 0.158. The van der Waals surface area contributed by atoms with Crippen LogP contribution < -0.4 is 4.74 Å². The van der Waals surface area contributed by atoms with E-state index < -0.39 is 5.97 Å². The second kappa shape index (κ2) is 8.76. The number of halogens is 1. The molecule has 2 aromatic carbocycles. The molecular formula is C19H16ClNO3. The summed E-state index contributed by atoms with van der Waals surface area (Å²) in [7, 11) is 0. The van der Waals surface area contributed by atoms with Gasteiger partial charge in [0.15, 0.2) is 0 Å². The number of rotatable bonds is 6. The molecule has 0 fully saturated rings. The summed E-state index contributed by atoms with van der Waals surface area (Å²) < 4.78 is 10.7. The van der Waals surface area contributed by atoms with Crippen LogP contribution in [0.2, 0.25) is 5.02 Å². The van der Waals surface area contributed by atoms with Crippen LogP contribution in [0.15, 0.2) is 54.1 Å². The van der Waals surface area contributed by atoms with Crippen molar-refractivity contribution in [3.8, 4) is 11.8 Å². The maximum Gasteiger partial charge on any atom is 0.348 e. The molecule has 0 bridgehead atoms. The third-order valence-corrected chi connectivity index (χ3v) is 3.39. The summed E-state index contributed by atoms with van der Waals surface area (Å²) >= 11 is 5.86. The molecule has 0 aliphatic carbocycles. The molecule has 0 unspecified atom stereocenters. The van der Waals surface area contributed by atoms with Gasteiger partial charge in [0, 0.05) is 10.6 Å². The number of nitriles is 1. The summed E-state index contributed by atoms with van der Waals surface area (Å²) in [4.78, 5) is 11.7. The number of benzene rings is 2. The van der Waals surface area contributed by atoms with Crippen molar-refractivity contribution in [1.82, 2.24) is 0 Å². The van der Waals surface area contributed by atoms with E-state index in [2.05, 4.69) is 0 Å². The topological polar surface area (TPSA) is 59.3 Å². The first-order valence-electron chi connectivity index (χ1n) is 7.39. The third kappa shape index (κ3) is 4.87. The summed E-state index contributed by atoms with van der Waals surface area (Å²) in [6.45, 7) is 2.26. The molecule has 4 nitrogen and oxygen atoms in total. The van der Waals surface area contributed by atoms with Gasteiger partial charge in [-0.2, -0.15) is 5.26 Å². The summed E-state index contributed by atoms with van der Waals surface area (Å²) in [6, 6.07) is 16.4. The van der Waals surface area contributed by atoms with Gasteiger partial charge in [0.25, 0.3) is 0 Å². The minimum absolute atomic E-state index is 0.0700. The van der Waals surface area contributed by atoms with Crippen LogP contribution in [0.1, 0.15) is 18.1 Å². The van der Waals surface area contributed by atoms with Gasteiger partial charge >= 0.3 is 5.97 Å². The molecule has 0 aliphatic heterocycles. The molecule has 5 heteroatoms. The zero-order valence-corrected chi connectivity index (χ0v) is 13.9. The minimum atomic E-state index is -0.646. The highest BCUT2D eigenvalue weighted by atomic mass is 35.5. The van der Waals surface area contributed by atoms with Crippen LogP contribution in [-0.4, -0.2) is 12.6 Å². The van der Waals surface area contributed by atoms with Crippen LogP contribution in [0.5, 0.6) is 5.75 Å². The molecule has 2 aromatic rings. The van der Waals surface area contributed by atoms with Gasteiger partial charge in [-0.25, -0.2) is 4.79 Å². The Balaban J connectivity index is 2.19. The Hall–Kier alpha value is -2.77. The van der Waals surface area contributed by atoms with Crippen LogP contribution in [0.4, 0.5) is 0 Å². The first-order chi connectivity index (χ1) is 11.6. The van der Waals surface area contributed by atoms with E-state index in [1.807, 2.05) is 24.3 Å². The third-order valence-electron chi connectivity index (χ3n) is 3.14. The van der Waals surface area contributed by atoms with E-state index in [1.54, 1.807) is 37.3 Å². The van der Waals surface area contributed by atoms with Crippen LogP contribution >= 0.6 is 11.6 Å². The molecule has 0 radical (unpaired) electrons. The second-order valence-electron chi connectivity index (χ2n) is 4.84. The Morgan fingerprint density at radius 2 is 1.92 bits per heavy atom. The van der Waals surface area contributed by atoms with Gasteiger partial charge in [0.1, 0.15) is 24.0 Å². The molecule has 0 spiro atoms. The van der Waals surface area contributed by atoms with Crippen molar-refractivity contribution in [3.05, 3.63) is 70.3 Å². The average molecular weight is 342 g/mol. The highest BCUT2D eigenvalue weighted by Crippen LogP contribution is 2.23. The number of hydrogen-bond donors (Lipinski definition) is 0. The Morgan fingerprint density at radius 3 is 2.58 bits per heavy atom. The van der Waals surface area contributed by atoms with Gasteiger partial charge in [-0.3, -0.25) is 0 Å². The molecule has 0 heterocycles. The van der Waals surface area contributed by atoms with Crippen LogP contribution in [0.3, 0.4) is 0 Å². The molecule has 0 atom stereocenters. The van der Waals surface area contributed by atoms with Crippen molar-refractivity contribution in [2.45, 2.75) is 13.5 Å². The molecule has 0 aliphatic rings. The Kier molecular flexibility index (Phi) is 6.41. The number of para-hydroxylation sites is 1.